The van der Waals surface area contributed by atoms with Crippen LogP contribution >= 0.6 is 0 Å². The highest BCUT2D eigenvalue weighted by molar-refractivity contribution is 6.11. The molecule has 0 bridgehead atoms. The molecule has 154 valence electrons. The lowest BCUT2D eigenvalue weighted by Gasteiger charge is -2.06. The third-order valence-corrected chi connectivity index (χ3v) is 4.11. The van der Waals surface area contributed by atoms with Gasteiger partial charge in [-0.2, -0.15) is 4.99 Å². The van der Waals surface area contributed by atoms with Gasteiger partial charge in [0.15, 0.2) is 0 Å². The van der Waals surface area contributed by atoms with Crippen LogP contribution in [0.25, 0.3) is 0 Å². The molecule has 0 unspecified atom stereocenters. The molecule has 0 saturated carbocycles. The van der Waals surface area contributed by atoms with Crippen LogP contribution in [0.2, 0.25) is 0 Å². The van der Waals surface area contributed by atoms with Crippen LogP contribution in [-0.2, 0) is 9.59 Å². The number of amides is 2. The SMILES string of the molecule is Cc1ccc(NC(N)=NC2=N[C@@H](CC(=O)Nc3ccc([N+](=O)[O-])cc3)C(=O)N2)cc1. The number of rotatable bonds is 5. The number of hydrogen-bond donors (Lipinski definition) is 4. The molecular weight excluding hydrogens is 390 g/mol. The summed E-state index contributed by atoms with van der Waals surface area (Å²) in [4.78, 5) is 42.4. The summed E-state index contributed by atoms with van der Waals surface area (Å²) in [6.07, 6.45) is -0.215. The Morgan fingerprint density at radius 3 is 2.40 bits per heavy atom. The summed E-state index contributed by atoms with van der Waals surface area (Å²) in [5, 5.41) is 18.6. The Labute approximate surface area is 171 Å². The standard InChI is InChI=1S/C19H19N7O4/c1-11-2-4-13(5-3-11)22-18(20)25-19-23-15(17(28)24-19)10-16(27)21-12-6-8-14(9-7-12)26(29)30/h2-9,15H,10H2,1H3,(H,21,27)(H4,20,22,23,24,25,28)/t15-/m0/s1. The van der Waals surface area contributed by atoms with E-state index in [-0.39, 0.29) is 24.0 Å². The summed E-state index contributed by atoms with van der Waals surface area (Å²) in [5.41, 5.74) is 7.94. The zero-order valence-electron chi connectivity index (χ0n) is 16.0. The van der Waals surface area contributed by atoms with Crippen molar-refractivity contribution in [3.8, 4) is 0 Å². The Kier molecular flexibility index (Phi) is 6.01. The first kappa shape index (κ1) is 20.5. The number of non-ortho nitro benzene ring substituents is 1. The van der Waals surface area contributed by atoms with Crippen molar-refractivity contribution in [2.24, 2.45) is 15.7 Å². The fourth-order valence-corrected chi connectivity index (χ4v) is 2.61. The molecular formula is C19H19N7O4. The quantitative estimate of drug-likeness (QED) is 0.253. The maximum Gasteiger partial charge on any atom is 0.269 e. The van der Waals surface area contributed by atoms with Crippen molar-refractivity contribution in [3.63, 3.8) is 0 Å². The van der Waals surface area contributed by atoms with E-state index in [1.807, 2.05) is 31.2 Å². The summed E-state index contributed by atoms with van der Waals surface area (Å²) in [7, 11) is 0. The summed E-state index contributed by atoms with van der Waals surface area (Å²) in [6.45, 7) is 1.96. The Morgan fingerprint density at radius 1 is 1.17 bits per heavy atom. The Hall–Kier alpha value is -4.28. The maximum atomic E-state index is 12.2. The largest absolute Gasteiger partial charge is 0.369 e. The summed E-state index contributed by atoms with van der Waals surface area (Å²) < 4.78 is 0. The molecule has 1 aliphatic rings. The molecule has 0 aromatic heterocycles. The van der Waals surface area contributed by atoms with Gasteiger partial charge in [-0.1, -0.05) is 17.7 Å². The van der Waals surface area contributed by atoms with Crippen LogP contribution in [0.3, 0.4) is 0 Å². The zero-order chi connectivity index (χ0) is 21.7. The van der Waals surface area contributed by atoms with Gasteiger partial charge in [0, 0.05) is 23.5 Å². The van der Waals surface area contributed by atoms with E-state index in [9.17, 15) is 19.7 Å². The molecule has 30 heavy (non-hydrogen) atoms. The Bertz CT molecular complexity index is 1030. The van der Waals surface area contributed by atoms with Crippen molar-refractivity contribution in [1.82, 2.24) is 5.32 Å². The van der Waals surface area contributed by atoms with E-state index in [0.717, 1.165) is 11.3 Å². The molecule has 1 atom stereocenters. The van der Waals surface area contributed by atoms with Gasteiger partial charge in [-0.25, -0.2) is 4.99 Å². The van der Waals surface area contributed by atoms with Crippen LogP contribution in [0.4, 0.5) is 17.1 Å². The molecule has 0 spiro atoms. The molecule has 0 saturated heterocycles. The summed E-state index contributed by atoms with van der Waals surface area (Å²) >= 11 is 0. The van der Waals surface area contributed by atoms with Gasteiger partial charge in [0.25, 0.3) is 11.6 Å². The summed E-state index contributed by atoms with van der Waals surface area (Å²) in [5.74, 6) is -0.904. The minimum absolute atomic E-state index is 0.00486. The van der Waals surface area contributed by atoms with Gasteiger partial charge in [-0.3, -0.25) is 25.0 Å². The Balaban J connectivity index is 1.58. The number of aliphatic imine (C=N–C) groups is 2. The second kappa shape index (κ2) is 8.82. The number of carbonyl (C=O) groups excluding carboxylic acids is 2. The molecule has 2 amide bonds. The van der Waals surface area contributed by atoms with Crippen LogP contribution in [0.15, 0.2) is 58.5 Å². The van der Waals surface area contributed by atoms with Gasteiger partial charge in [-0.15, -0.1) is 0 Å². The van der Waals surface area contributed by atoms with Crippen LogP contribution in [0.1, 0.15) is 12.0 Å². The van der Waals surface area contributed by atoms with Crippen LogP contribution in [-0.4, -0.2) is 34.7 Å². The molecule has 5 N–H and O–H groups in total. The highest BCUT2D eigenvalue weighted by atomic mass is 16.6. The number of nitrogens with zero attached hydrogens (tertiary/aromatic N) is 3. The topological polar surface area (TPSA) is 164 Å². The third-order valence-electron chi connectivity index (χ3n) is 4.11. The molecule has 2 aromatic carbocycles. The lowest BCUT2D eigenvalue weighted by Crippen LogP contribution is -2.32. The molecule has 3 rings (SSSR count). The van der Waals surface area contributed by atoms with Crippen molar-refractivity contribution in [3.05, 3.63) is 64.2 Å². The monoisotopic (exact) mass is 409 g/mol. The predicted octanol–water partition coefficient (Wildman–Crippen LogP) is 1.51. The summed E-state index contributed by atoms with van der Waals surface area (Å²) in [6, 6.07) is 11.9. The van der Waals surface area contributed by atoms with E-state index >= 15 is 0 Å². The number of nitrogens with two attached hydrogens (primary N) is 1. The maximum absolute atomic E-state index is 12.2. The predicted molar refractivity (Wildman–Crippen MR) is 112 cm³/mol. The van der Waals surface area contributed by atoms with E-state index in [0.29, 0.717) is 5.69 Å². The molecule has 0 fully saturated rings. The van der Waals surface area contributed by atoms with Gasteiger partial charge >= 0.3 is 0 Å². The second-order valence-electron chi connectivity index (χ2n) is 6.50. The van der Waals surface area contributed by atoms with E-state index in [1.165, 1.54) is 24.3 Å². The molecule has 2 aromatic rings. The fraction of sp³-hybridized carbons (Fsp3) is 0.158. The van der Waals surface area contributed by atoms with Crippen LogP contribution in [0.5, 0.6) is 0 Å². The number of guanidine groups is 2. The highest BCUT2D eigenvalue weighted by Gasteiger charge is 2.28. The zero-order valence-corrected chi connectivity index (χ0v) is 16.0. The number of carbonyl (C=O) groups is 2. The first-order valence-corrected chi connectivity index (χ1v) is 8.91. The number of benzene rings is 2. The third kappa shape index (κ3) is 5.38. The van der Waals surface area contributed by atoms with Crippen LogP contribution in [0, 0.1) is 17.0 Å². The van der Waals surface area contributed by atoms with Gasteiger partial charge < -0.3 is 16.4 Å². The second-order valence-corrected chi connectivity index (χ2v) is 6.50. The van der Waals surface area contributed by atoms with Gasteiger partial charge in [0.2, 0.25) is 17.8 Å². The van der Waals surface area contributed by atoms with Gasteiger partial charge in [0.1, 0.15) is 6.04 Å². The number of anilines is 2. The number of hydrogen-bond acceptors (Lipinski definition) is 6. The molecule has 1 heterocycles. The van der Waals surface area contributed by atoms with Gasteiger partial charge in [-0.05, 0) is 31.2 Å². The number of nitrogens with one attached hydrogen (secondary N) is 3. The Morgan fingerprint density at radius 2 is 1.77 bits per heavy atom. The first-order valence-electron chi connectivity index (χ1n) is 8.91. The molecule has 11 heteroatoms. The van der Waals surface area contributed by atoms with E-state index in [4.69, 9.17) is 5.73 Å². The average molecular weight is 409 g/mol. The van der Waals surface area contributed by atoms with Crippen molar-refractivity contribution in [2.75, 3.05) is 10.6 Å². The van der Waals surface area contributed by atoms with E-state index in [2.05, 4.69) is 25.9 Å². The van der Waals surface area contributed by atoms with Crippen molar-refractivity contribution in [1.29, 1.82) is 0 Å². The van der Waals surface area contributed by atoms with E-state index < -0.39 is 22.8 Å². The highest BCUT2D eigenvalue weighted by Crippen LogP contribution is 2.16. The van der Waals surface area contributed by atoms with Crippen LogP contribution < -0.4 is 21.7 Å². The van der Waals surface area contributed by atoms with Crippen molar-refractivity contribution >= 4 is 40.8 Å². The molecule has 0 radical (unpaired) electrons. The minimum atomic E-state index is -0.950. The van der Waals surface area contributed by atoms with E-state index in [1.54, 1.807) is 0 Å². The van der Waals surface area contributed by atoms with Crippen molar-refractivity contribution in [2.45, 2.75) is 19.4 Å². The number of nitro benzene ring substituents is 1. The first-order chi connectivity index (χ1) is 14.3. The minimum Gasteiger partial charge on any atom is -0.369 e. The molecule has 0 aliphatic carbocycles. The number of nitro groups is 1. The van der Waals surface area contributed by atoms with Crippen molar-refractivity contribution < 1.29 is 14.5 Å². The molecule has 11 nitrogen and oxygen atoms in total. The lowest BCUT2D eigenvalue weighted by molar-refractivity contribution is -0.384. The molecule has 1 aliphatic heterocycles. The smallest absolute Gasteiger partial charge is 0.269 e. The number of aryl methyl sites for hydroxylation is 1. The average Bonchev–Trinajstić information content (AvgIpc) is 3.02. The normalized spacial score (nSPS) is 15.9. The fourth-order valence-electron chi connectivity index (χ4n) is 2.61. The lowest BCUT2D eigenvalue weighted by atomic mass is 10.2. The van der Waals surface area contributed by atoms with Gasteiger partial charge in [0.05, 0.1) is 11.3 Å².